The van der Waals surface area contributed by atoms with Crippen LogP contribution in [0.5, 0.6) is 0 Å². The van der Waals surface area contributed by atoms with E-state index in [1.807, 2.05) is 20.8 Å². The minimum Gasteiger partial charge on any atom is -0.469 e. The fraction of sp³-hybridized carbons (Fsp3) is 0.562. The predicted octanol–water partition coefficient (Wildman–Crippen LogP) is 1.80. The first kappa shape index (κ1) is 15.7. The molecule has 7 nitrogen and oxygen atoms in total. The van der Waals surface area contributed by atoms with Crippen LogP contribution in [0, 0.1) is 13.8 Å². The van der Waals surface area contributed by atoms with Crippen LogP contribution in [-0.4, -0.2) is 44.0 Å². The molecule has 1 atom stereocenters. The van der Waals surface area contributed by atoms with E-state index in [2.05, 4.69) is 10.3 Å². The van der Waals surface area contributed by atoms with Crippen LogP contribution in [0.25, 0.3) is 0 Å². The van der Waals surface area contributed by atoms with Crippen molar-refractivity contribution in [3.8, 4) is 0 Å². The summed E-state index contributed by atoms with van der Waals surface area (Å²) < 4.78 is 7.02. The number of likely N-dealkylation sites (tertiary alicyclic amines) is 1. The minimum absolute atomic E-state index is 0.110. The number of hydrogen-bond donors (Lipinski definition) is 1. The zero-order valence-electron chi connectivity index (χ0n) is 13.9. The summed E-state index contributed by atoms with van der Waals surface area (Å²) in [5, 5.41) is 19.0. The lowest BCUT2D eigenvalue weighted by Gasteiger charge is -2.21. The Hall–Kier alpha value is -2.15. The van der Waals surface area contributed by atoms with Gasteiger partial charge >= 0.3 is 0 Å². The molecule has 0 bridgehead atoms. The second-order valence-electron chi connectivity index (χ2n) is 6.54. The Morgan fingerprint density at radius 1 is 1.43 bits per heavy atom. The molecule has 0 spiro atoms. The fourth-order valence-corrected chi connectivity index (χ4v) is 2.97. The summed E-state index contributed by atoms with van der Waals surface area (Å²) >= 11 is 0. The first-order valence-corrected chi connectivity index (χ1v) is 7.80. The zero-order chi connectivity index (χ0) is 16.8. The average Bonchev–Trinajstić information content (AvgIpc) is 3.18. The molecule has 7 heteroatoms. The molecule has 1 N–H and O–H groups in total. The Bertz CT molecular complexity index is 714. The van der Waals surface area contributed by atoms with Gasteiger partial charge in [0.15, 0.2) is 0 Å². The Morgan fingerprint density at radius 3 is 2.74 bits per heavy atom. The maximum absolute atomic E-state index is 12.7. The van der Waals surface area contributed by atoms with Crippen LogP contribution in [0.3, 0.4) is 0 Å². The lowest BCUT2D eigenvalue weighted by Crippen LogP contribution is -2.35. The summed E-state index contributed by atoms with van der Waals surface area (Å²) in [6.45, 7) is 8.31. The molecule has 0 saturated carbocycles. The van der Waals surface area contributed by atoms with Crippen LogP contribution in [0.1, 0.15) is 53.7 Å². The minimum atomic E-state index is -1.14. The molecule has 2 aromatic heterocycles. The highest BCUT2D eigenvalue weighted by molar-refractivity contribution is 5.96. The fourth-order valence-electron chi connectivity index (χ4n) is 2.97. The average molecular weight is 318 g/mol. The van der Waals surface area contributed by atoms with Gasteiger partial charge in [-0.15, -0.1) is 5.10 Å². The van der Waals surface area contributed by atoms with Gasteiger partial charge < -0.3 is 14.4 Å². The molecule has 1 amide bonds. The molecule has 124 valence electrons. The Morgan fingerprint density at radius 2 is 2.17 bits per heavy atom. The third-order valence-electron chi connectivity index (χ3n) is 4.42. The van der Waals surface area contributed by atoms with Crippen molar-refractivity contribution >= 4 is 5.91 Å². The SMILES string of the molecule is Cc1coc(C)c1C(=O)N1CC[C@](O)(c2cn(C(C)C)nn2)C1. The van der Waals surface area contributed by atoms with Crippen molar-refractivity contribution in [2.45, 2.75) is 45.8 Å². The largest absolute Gasteiger partial charge is 0.469 e. The van der Waals surface area contributed by atoms with Gasteiger partial charge in [0.2, 0.25) is 0 Å². The molecule has 1 aliphatic rings. The number of furan rings is 1. The topological polar surface area (TPSA) is 84.4 Å². The first-order chi connectivity index (χ1) is 10.8. The van der Waals surface area contributed by atoms with Gasteiger partial charge in [0.05, 0.1) is 24.6 Å². The van der Waals surface area contributed by atoms with Gasteiger partial charge in [0, 0.05) is 24.6 Å². The lowest BCUT2D eigenvalue weighted by molar-refractivity contribution is 0.0381. The van der Waals surface area contributed by atoms with Crippen LogP contribution in [-0.2, 0) is 5.60 Å². The number of hydrogen-bond acceptors (Lipinski definition) is 5. The number of β-amino-alcohol motifs (C(OH)–C–C–N with tert-alkyl or cyclic N) is 1. The molecule has 1 fully saturated rings. The number of carbonyl (C=O) groups excluding carboxylic acids is 1. The Labute approximate surface area is 134 Å². The van der Waals surface area contributed by atoms with E-state index in [0.717, 1.165) is 5.56 Å². The second kappa shape index (κ2) is 5.49. The number of rotatable bonds is 3. The molecule has 2 aromatic rings. The molecule has 3 heterocycles. The molecular formula is C16H22N4O3. The van der Waals surface area contributed by atoms with Crippen molar-refractivity contribution in [1.29, 1.82) is 0 Å². The molecule has 0 radical (unpaired) electrons. The van der Waals surface area contributed by atoms with Crippen molar-refractivity contribution in [2.75, 3.05) is 13.1 Å². The van der Waals surface area contributed by atoms with Gasteiger partial charge in [-0.25, -0.2) is 4.68 Å². The summed E-state index contributed by atoms with van der Waals surface area (Å²) in [5.41, 5.74) is 0.768. The van der Waals surface area contributed by atoms with E-state index in [-0.39, 0.29) is 18.5 Å². The van der Waals surface area contributed by atoms with Gasteiger partial charge in [-0.1, -0.05) is 5.21 Å². The number of amides is 1. The van der Waals surface area contributed by atoms with E-state index in [0.29, 0.717) is 30.0 Å². The second-order valence-corrected chi connectivity index (χ2v) is 6.54. The predicted molar refractivity (Wildman–Crippen MR) is 83.0 cm³/mol. The quantitative estimate of drug-likeness (QED) is 0.933. The number of aliphatic hydroxyl groups is 1. The number of nitrogens with zero attached hydrogens (tertiary/aromatic N) is 4. The molecular weight excluding hydrogens is 296 g/mol. The summed E-state index contributed by atoms with van der Waals surface area (Å²) in [7, 11) is 0. The maximum Gasteiger partial charge on any atom is 0.257 e. The zero-order valence-corrected chi connectivity index (χ0v) is 13.9. The summed E-state index contributed by atoms with van der Waals surface area (Å²) in [6.07, 6.45) is 3.79. The van der Waals surface area contributed by atoms with E-state index >= 15 is 0 Å². The highest BCUT2D eigenvalue weighted by Crippen LogP contribution is 2.32. The van der Waals surface area contributed by atoms with Crippen LogP contribution in [0.15, 0.2) is 16.9 Å². The number of aromatic nitrogens is 3. The lowest BCUT2D eigenvalue weighted by atomic mass is 10.00. The highest BCUT2D eigenvalue weighted by Gasteiger charge is 2.42. The molecule has 0 unspecified atom stereocenters. The smallest absolute Gasteiger partial charge is 0.257 e. The summed E-state index contributed by atoms with van der Waals surface area (Å²) in [5.74, 6) is 0.495. The van der Waals surface area contributed by atoms with E-state index in [4.69, 9.17) is 4.42 Å². The summed E-state index contributed by atoms with van der Waals surface area (Å²) in [6, 6.07) is 0.176. The third-order valence-corrected chi connectivity index (χ3v) is 4.42. The Kier molecular flexibility index (Phi) is 3.75. The van der Waals surface area contributed by atoms with Crippen LogP contribution < -0.4 is 0 Å². The molecule has 0 aliphatic carbocycles. The highest BCUT2D eigenvalue weighted by atomic mass is 16.3. The van der Waals surface area contributed by atoms with Crippen molar-refractivity contribution < 1.29 is 14.3 Å². The van der Waals surface area contributed by atoms with Gasteiger partial charge in [0.1, 0.15) is 17.1 Å². The van der Waals surface area contributed by atoms with Crippen molar-refractivity contribution in [3.63, 3.8) is 0 Å². The van der Waals surface area contributed by atoms with Gasteiger partial charge in [-0.05, 0) is 27.7 Å². The van der Waals surface area contributed by atoms with E-state index < -0.39 is 5.60 Å². The summed E-state index contributed by atoms with van der Waals surface area (Å²) in [4.78, 5) is 14.3. The third kappa shape index (κ3) is 2.65. The van der Waals surface area contributed by atoms with Crippen molar-refractivity contribution in [2.24, 2.45) is 0 Å². The van der Waals surface area contributed by atoms with Crippen LogP contribution in [0.2, 0.25) is 0 Å². The van der Waals surface area contributed by atoms with E-state index in [1.54, 1.807) is 29.0 Å². The number of carbonyl (C=O) groups is 1. The van der Waals surface area contributed by atoms with E-state index in [1.165, 1.54) is 0 Å². The standard InChI is InChI=1S/C16H22N4O3/c1-10(2)20-7-13(17-18-20)16(22)5-6-19(9-16)15(21)14-11(3)8-23-12(14)4/h7-8,10,22H,5-6,9H2,1-4H3/t16-/m1/s1. The first-order valence-electron chi connectivity index (χ1n) is 7.80. The van der Waals surface area contributed by atoms with Crippen LogP contribution >= 0.6 is 0 Å². The van der Waals surface area contributed by atoms with Crippen molar-refractivity contribution in [1.82, 2.24) is 19.9 Å². The van der Waals surface area contributed by atoms with Gasteiger partial charge in [-0.3, -0.25) is 4.79 Å². The number of aryl methyl sites for hydroxylation is 2. The maximum atomic E-state index is 12.7. The van der Waals surface area contributed by atoms with Gasteiger partial charge in [0.25, 0.3) is 5.91 Å². The Balaban J connectivity index is 1.80. The monoisotopic (exact) mass is 318 g/mol. The van der Waals surface area contributed by atoms with Crippen molar-refractivity contribution in [3.05, 3.63) is 35.0 Å². The molecule has 23 heavy (non-hydrogen) atoms. The molecule has 1 saturated heterocycles. The normalized spacial score (nSPS) is 21.4. The molecule has 0 aromatic carbocycles. The van der Waals surface area contributed by atoms with Gasteiger partial charge in [-0.2, -0.15) is 0 Å². The molecule has 1 aliphatic heterocycles. The van der Waals surface area contributed by atoms with Crippen LogP contribution in [0.4, 0.5) is 0 Å². The molecule has 3 rings (SSSR count). The van der Waals surface area contributed by atoms with E-state index in [9.17, 15) is 9.90 Å².